The second kappa shape index (κ2) is 9.51. The number of aromatic nitrogens is 1. The van der Waals surface area contributed by atoms with Crippen LogP contribution in [-0.2, 0) is 0 Å². The van der Waals surface area contributed by atoms with Crippen LogP contribution >= 0.6 is 24.0 Å². The number of nitrogens with zero attached hydrogens (tertiary/aromatic N) is 4. The zero-order chi connectivity index (χ0) is 17.7. The smallest absolute Gasteiger partial charge is 0.191 e. The van der Waals surface area contributed by atoms with Crippen molar-refractivity contribution in [1.29, 1.82) is 0 Å². The third-order valence-corrected chi connectivity index (χ3v) is 4.69. The lowest BCUT2D eigenvalue weighted by atomic mass is 10.0. The minimum atomic E-state index is -0.270. The predicted octanol–water partition coefficient (Wildman–Crippen LogP) is 1.92. The van der Waals surface area contributed by atoms with Gasteiger partial charge in [0.05, 0.1) is 0 Å². The van der Waals surface area contributed by atoms with E-state index in [9.17, 15) is 4.39 Å². The molecule has 142 valence electrons. The van der Waals surface area contributed by atoms with Crippen LogP contribution in [0.1, 0.15) is 20.3 Å². The van der Waals surface area contributed by atoms with E-state index in [0.717, 1.165) is 25.5 Å². The van der Waals surface area contributed by atoms with Crippen molar-refractivity contribution in [1.82, 2.24) is 20.5 Å². The third-order valence-electron chi connectivity index (χ3n) is 4.69. The summed E-state index contributed by atoms with van der Waals surface area (Å²) in [5.74, 6) is 0.935. The zero-order valence-electron chi connectivity index (χ0n) is 15.7. The number of hydrogen-bond acceptors (Lipinski definition) is 4. The first-order valence-electron chi connectivity index (χ1n) is 8.33. The van der Waals surface area contributed by atoms with E-state index >= 15 is 0 Å². The third kappa shape index (κ3) is 5.95. The highest BCUT2D eigenvalue weighted by Crippen LogP contribution is 2.20. The Hall–Kier alpha value is -1.16. The molecule has 2 rings (SSSR count). The van der Waals surface area contributed by atoms with Crippen molar-refractivity contribution in [3.05, 3.63) is 24.1 Å². The maximum atomic E-state index is 13.9. The molecule has 0 aliphatic carbocycles. The van der Waals surface area contributed by atoms with Crippen molar-refractivity contribution in [3.8, 4) is 0 Å². The number of likely N-dealkylation sites (N-methyl/N-ethyl adjacent to an activating group) is 1. The van der Waals surface area contributed by atoms with Gasteiger partial charge in [-0.25, -0.2) is 9.37 Å². The van der Waals surface area contributed by atoms with Gasteiger partial charge in [-0.3, -0.25) is 4.99 Å². The second-order valence-corrected chi connectivity index (χ2v) is 7.02. The highest BCUT2D eigenvalue weighted by molar-refractivity contribution is 14.0. The van der Waals surface area contributed by atoms with Gasteiger partial charge in [0.2, 0.25) is 0 Å². The Labute approximate surface area is 167 Å². The summed E-state index contributed by atoms with van der Waals surface area (Å²) in [5, 5.41) is 6.80. The number of hydrogen-bond donors (Lipinski definition) is 2. The summed E-state index contributed by atoms with van der Waals surface area (Å²) in [6, 6.07) is 3.29. The molecule has 1 saturated heterocycles. The summed E-state index contributed by atoms with van der Waals surface area (Å²) < 4.78 is 13.9. The Morgan fingerprint density at radius 1 is 1.48 bits per heavy atom. The van der Waals surface area contributed by atoms with Gasteiger partial charge in [-0.15, -0.1) is 24.0 Å². The Morgan fingerprint density at radius 3 is 2.80 bits per heavy atom. The predicted molar refractivity (Wildman–Crippen MR) is 112 cm³/mol. The Morgan fingerprint density at radius 2 is 2.20 bits per heavy atom. The van der Waals surface area contributed by atoms with Crippen LogP contribution in [0.15, 0.2) is 23.3 Å². The summed E-state index contributed by atoms with van der Waals surface area (Å²) in [4.78, 5) is 12.6. The van der Waals surface area contributed by atoms with Crippen LogP contribution in [0.25, 0.3) is 0 Å². The van der Waals surface area contributed by atoms with E-state index in [0.29, 0.717) is 12.4 Å². The summed E-state index contributed by atoms with van der Waals surface area (Å²) >= 11 is 0. The van der Waals surface area contributed by atoms with Gasteiger partial charge in [0, 0.05) is 44.5 Å². The molecule has 2 heterocycles. The molecular weight excluding hydrogens is 434 g/mol. The van der Waals surface area contributed by atoms with Crippen LogP contribution in [0.3, 0.4) is 0 Å². The summed E-state index contributed by atoms with van der Waals surface area (Å²) in [6.07, 6.45) is 2.55. The minimum Gasteiger partial charge on any atom is -0.355 e. The summed E-state index contributed by atoms with van der Waals surface area (Å²) in [6.45, 7) is 6.63. The lowest BCUT2D eigenvalue weighted by Gasteiger charge is -2.33. The number of aliphatic imine (C=N–C) groups is 1. The van der Waals surface area contributed by atoms with Crippen molar-refractivity contribution in [2.45, 2.75) is 31.8 Å². The first-order chi connectivity index (χ1) is 11.3. The van der Waals surface area contributed by atoms with Gasteiger partial charge >= 0.3 is 0 Å². The number of halogens is 2. The van der Waals surface area contributed by atoms with Gasteiger partial charge in [0.1, 0.15) is 0 Å². The zero-order valence-corrected chi connectivity index (χ0v) is 18.0. The highest BCUT2D eigenvalue weighted by atomic mass is 127. The lowest BCUT2D eigenvalue weighted by molar-refractivity contribution is 0.197. The molecule has 2 N–H and O–H groups in total. The van der Waals surface area contributed by atoms with Crippen LogP contribution in [0, 0.1) is 5.82 Å². The molecule has 1 aromatic heterocycles. The van der Waals surface area contributed by atoms with Crippen molar-refractivity contribution in [3.63, 3.8) is 0 Å². The normalized spacial score (nSPS) is 18.3. The van der Waals surface area contributed by atoms with Crippen molar-refractivity contribution < 1.29 is 4.39 Å². The van der Waals surface area contributed by atoms with Crippen molar-refractivity contribution in [2.24, 2.45) is 4.99 Å². The van der Waals surface area contributed by atoms with Gasteiger partial charge in [-0.05, 0) is 46.5 Å². The van der Waals surface area contributed by atoms with E-state index < -0.39 is 0 Å². The van der Waals surface area contributed by atoms with Crippen LogP contribution < -0.4 is 15.5 Å². The quantitative estimate of drug-likeness (QED) is 0.396. The molecule has 0 amide bonds. The highest BCUT2D eigenvalue weighted by Gasteiger charge is 2.26. The van der Waals surface area contributed by atoms with Gasteiger partial charge in [-0.2, -0.15) is 0 Å². The standard InChI is InChI=1S/C17H29FN6.HI/c1-17(2,23(4)5)12-21-16(19-3)22-13-8-10-24(11-13)15-14(18)7-6-9-20-15;/h6-7,9,13H,8,10-12H2,1-5H3,(H2,19,21,22);1H. The number of rotatable bonds is 5. The SMILES string of the molecule is CN=C(NCC(C)(C)N(C)C)NC1CCN(c2ncccc2F)C1.I. The number of nitrogens with one attached hydrogen (secondary N) is 2. The van der Waals surface area contributed by atoms with E-state index in [-0.39, 0.29) is 41.4 Å². The first kappa shape index (κ1) is 21.9. The van der Waals surface area contributed by atoms with E-state index in [1.165, 1.54) is 6.07 Å². The number of guanidine groups is 1. The van der Waals surface area contributed by atoms with E-state index in [1.54, 1.807) is 19.3 Å². The van der Waals surface area contributed by atoms with Crippen LogP contribution in [0.4, 0.5) is 10.2 Å². The molecule has 1 atom stereocenters. The average Bonchev–Trinajstić information content (AvgIpc) is 3.00. The molecule has 0 radical (unpaired) electrons. The first-order valence-corrected chi connectivity index (χ1v) is 8.33. The molecule has 1 fully saturated rings. The van der Waals surface area contributed by atoms with Gasteiger partial charge < -0.3 is 20.4 Å². The fraction of sp³-hybridized carbons (Fsp3) is 0.647. The summed E-state index contributed by atoms with van der Waals surface area (Å²) in [5.41, 5.74) is 0.0242. The van der Waals surface area contributed by atoms with Gasteiger partial charge in [0.25, 0.3) is 0 Å². The van der Waals surface area contributed by atoms with Crippen molar-refractivity contribution >= 4 is 35.8 Å². The van der Waals surface area contributed by atoms with E-state index in [4.69, 9.17) is 0 Å². The maximum absolute atomic E-state index is 13.9. The van der Waals surface area contributed by atoms with Crippen LogP contribution in [0.2, 0.25) is 0 Å². The van der Waals surface area contributed by atoms with Gasteiger partial charge in [-0.1, -0.05) is 0 Å². The molecule has 0 saturated carbocycles. The number of anilines is 1. The molecule has 6 nitrogen and oxygen atoms in total. The Bertz CT molecular complexity index is 578. The minimum absolute atomic E-state index is 0. The second-order valence-electron chi connectivity index (χ2n) is 7.02. The molecule has 25 heavy (non-hydrogen) atoms. The molecule has 0 bridgehead atoms. The Balaban J connectivity index is 0.00000312. The monoisotopic (exact) mass is 464 g/mol. The molecule has 0 spiro atoms. The fourth-order valence-electron chi connectivity index (χ4n) is 2.53. The molecule has 8 heteroatoms. The summed E-state index contributed by atoms with van der Waals surface area (Å²) in [7, 11) is 5.89. The van der Waals surface area contributed by atoms with Crippen LogP contribution in [-0.4, -0.2) is 68.2 Å². The maximum Gasteiger partial charge on any atom is 0.191 e. The fourth-order valence-corrected chi connectivity index (χ4v) is 2.53. The van der Waals surface area contributed by atoms with Crippen LogP contribution in [0.5, 0.6) is 0 Å². The van der Waals surface area contributed by atoms with Crippen molar-refractivity contribution in [2.75, 3.05) is 45.7 Å². The molecule has 1 aromatic rings. The largest absolute Gasteiger partial charge is 0.355 e. The van der Waals surface area contributed by atoms with E-state index in [2.05, 4.69) is 53.5 Å². The molecule has 1 aliphatic rings. The van der Waals surface area contributed by atoms with Gasteiger partial charge in [0.15, 0.2) is 17.6 Å². The Kier molecular flexibility index (Phi) is 8.33. The molecule has 1 unspecified atom stereocenters. The van der Waals surface area contributed by atoms with E-state index in [1.807, 2.05) is 4.90 Å². The topological polar surface area (TPSA) is 55.8 Å². The lowest BCUT2D eigenvalue weighted by Crippen LogP contribution is -2.52. The number of pyridine rings is 1. The molecule has 1 aliphatic heterocycles. The molecule has 0 aromatic carbocycles. The average molecular weight is 464 g/mol. The molecular formula is C17H30FIN6.